The number of nitrogens with one attached hydrogen (secondary N) is 1. The van der Waals surface area contributed by atoms with E-state index in [4.69, 9.17) is 4.74 Å². The molecule has 0 aliphatic rings. The molecule has 0 unspecified atom stereocenters. The van der Waals surface area contributed by atoms with E-state index < -0.39 is 0 Å². The quantitative estimate of drug-likeness (QED) is 0.352. The maximum atomic E-state index is 13.1. The highest BCUT2D eigenvalue weighted by molar-refractivity contribution is 7.98. The van der Waals surface area contributed by atoms with Crippen LogP contribution in [-0.4, -0.2) is 43.0 Å². The molecule has 0 fully saturated rings. The predicted molar refractivity (Wildman–Crippen MR) is 123 cm³/mol. The molecule has 1 amide bonds. The normalized spacial score (nSPS) is 10.8. The van der Waals surface area contributed by atoms with Gasteiger partial charge in [0.2, 0.25) is 0 Å². The molecule has 0 radical (unpaired) electrons. The molecule has 1 aromatic heterocycles. The van der Waals surface area contributed by atoms with Crippen molar-refractivity contribution in [3.8, 4) is 5.75 Å². The van der Waals surface area contributed by atoms with E-state index >= 15 is 0 Å². The first-order valence-electron chi connectivity index (χ1n) is 10.0. The number of anilines is 1. The van der Waals surface area contributed by atoms with Crippen LogP contribution in [0.25, 0.3) is 0 Å². The van der Waals surface area contributed by atoms with Gasteiger partial charge in [0.25, 0.3) is 5.91 Å². The van der Waals surface area contributed by atoms with Crippen LogP contribution in [0.2, 0.25) is 0 Å². The fourth-order valence-corrected chi connectivity index (χ4v) is 3.76. The summed E-state index contributed by atoms with van der Waals surface area (Å²) in [6.45, 7) is 1.62. The fraction of sp³-hybridized carbons (Fsp3) is 0.250. The minimum absolute atomic E-state index is 0.227. The molecular formula is C24H26FN3O2S. The average molecular weight is 440 g/mol. The summed E-state index contributed by atoms with van der Waals surface area (Å²) in [5.41, 5.74) is 2.15. The van der Waals surface area contributed by atoms with E-state index in [1.54, 1.807) is 30.5 Å². The van der Waals surface area contributed by atoms with Crippen molar-refractivity contribution in [2.75, 3.05) is 32.6 Å². The summed E-state index contributed by atoms with van der Waals surface area (Å²) in [6, 6.07) is 17.1. The predicted octanol–water partition coefficient (Wildman–Crippen LogP) is 5.10. The molecule has 7 heteroatoms. The summed E-state index contributed by atoms with van der Waals surface area (Å²) in [7, 11) is 4.07. The molecule has 2 aromatic carbocycles. The number of carbonyl (C=O) groups is 1. The molecular weight excluding hydrogens is 413 g/mol. The zero-order valence-corrected chi connectivity index (χ0v) is 18.5. The van der Waals surface area contributed by atoms with Gasteiger partial charge in [0, 0.05) is 24.2 Å². The van der Waals surface area contributed by atoms with Gasteiger partial charge in [-0.2, -0.15) is 0 Å². The van der Waals surface area contributed by atoms with Crippen molar-refractivity contribution < 1.29 is 13.9 Å². The Morgan fingerprint density at radius 1 is 1.10 bits per heavy atom. The fourth-order valence-electron chi connectivity index (χ4n) is 2.81. The lowest BCUT2D eigenvalue weighted by Gasteiger charge is -2.11. The zero-order valence-electron chi connectivity index (χ0n) is 17.7. The van der Waals surface area contributed by atoms with Crippen LogP contribution in [0.3, 0.4) is 0 Å². The number of carbonyl (C=O) groups excluding carboxylic acids is 1. The number of benzene rings is 2. The smallest absolute Gasteiger partial charge is 0.258 e. The van der Waals surface area contributed by atoms with Crippen LogP contribution in [0.4, 0.5) is 10.1 Å². The van der Waals surface area contributed by atoms with Crippen molar-refractivity contribution in [1.82, 2.24) is 9.88 Å². The van der Waals surface area contributed by atoms with E-state index in [0.29, 0.717) is 28.6 Å². The number of aromatic nitrogens is 1. The van der Waals surface area contributed by atoms with E-state index in [9.17, 15) is 9.18 Å². The van der Waals surface area contributed by atoms with Crippen LogP contribution in [0, 0.1) is 5.82 Å². The van der Waals surface area contributed by atoms with Crippen molar-refractivity contribution in [3.63, 3.8) is 0 Å². The van der Waals surface area contributed by atoms with E-state index in [-0.39, 0.29) is 11.7 Å². The number of rotatable bonds is 10. The standard InChI is InChI=1S/C24H26FN3O2S/c1-28(2)15-4-16-30-21-12-10-20(11-13-21)27-23(29)22-5-3-14-26-24(22)31-17-18-6-8-19(25)9-7-18/h3,5-14H,4,15-17H2,1-2H3,(H,27,29). The van der Waals surface area contributed by atoms with Crippen LogP contribution in [0.1, 0.15) is 22.3 Å². The largest absolute Gasteiger partial charge is 0.494 e. The summed E-state index contributed by atoms with van der Waals surface area (Å²) >= 11 is 1.44. The minimum atomic E-state index is -0.267. The lowest BCUT2D eigenvalue weighted by atomic mass is 10.2. The molecule has 0 aliphatic heterocycles. The Hall–Kier alpha value is -2.90. The van der Waals surface area contributed by atoms with Crippen LogP contribution in [-0.2, 0) is 5.75 Å². The average Bonchev–Trinajstić information content (AvgIpc) is 2.77. The Balaban J connectivity index is 1.57. The monoisotopic (exact) mass is 439 g/mol. The second kappa shape index (κ2) is 11.5. The van der Waals surface area contributed by atoms with Crippen molar-refractivity contribution >= 4 is 23.4 Å². The molecule has 1 heterocycles. The third kappa shape index (κ3) is 7.38. The maximum Gasteiger partial charge on any atom is 0.258 e. The molecule has 5 nitrogen and oxygen atoms in total. The molecule has 0 aliphatic carbocycles. The molecule has 0 atom stereocenters. The molecule has 162 valence electrons. The van der Waals surface area contributed by atoms with Crippen LogP contribution < -0.4 is 10.1 Å². The third-order valence-electron chi connectivity index (χ3n) is 4.44. The number of ether oxygens (including phenoxy) is 1. The van der Waals surface area contributed by atoms with Gasteiger partial charge in [-0.15, -0.1) is 11.8 Å². The lowest BCUT2D eigenvalue weighted by molar-refractivity contribution is 0.102. The highest BCUT2D eigenvalue weighted by atomic mass is 32.2. The van der Waals surface area contributed by atoms with Gasteiger partial charge in [-0.05, 0) is 74.6 Å². The third-order valence-corrected chi connectivity index (χ3v) is 5.51. The number of hydrogen-bond acceptors (Lipinski definition) is 5. The van der Waals surface area contributed by atoms with Crippen LogP contribution in [0.15, 0.2) is 71.9 Å². The maximum absolute atomic E-state index is 13.1. The Bertz CT molecular complexity index is 979. The number of amides is 1. The number of pyridine rings is 1. The first kappa shape index (κ1) is 22.8. The molecule has 0 saturated carbocycles. The van der Waals surface area contributed by atoms with Gasteiger partial charge in [0.15, 0.2) is 0 Å². The Kier molecular flexibility index (Phi) is 8.44. The van der Waals surface area contributed by atoms with Gasteiger partial charge in [-0.1, -0.05) is 12.1 Å². The summed E-state index contributed by atoms with van der Waals surface area (Å²) < 4.78 is 18.8. The van der Waals surface area contributed by atoms with Gasteiger partial charge in [0.05, 0.1) is 12.2 Å². The minimum Gasteiger partial charge on any atom is -0.494 e. The van der Waals surface area contributed by atoms with Gasteiger partial charge in [0.1, 0.15) is 16.6 Å². The number of halogens is 1. The van der Waals surface area contributed by atoms with E-state index in [2.05, 4.69) is 15.2 Å². The topological polar surface area (TPSA) is 54.5 Å². The summed E-state index contributed by atoms with van der Waals surface area (Å²) in [5.74, 6) is 0.872. The van der Waals surface area contributed by atoms with Gasteiger partial charge < -0.3 is 15.0 Å². The second-order valence-corrected chi connectivity index (χ2v) is 8.22. The summed E-state index contributed by atoms with van der Waals surface area (Å²) in [6.07, 6.45) is 2.61. The van der Waals surface area contributed by atoms with E-state index in [0.717, 1.165) is 24.3 Å². The van der Waals surface area contributed by atoms with Crippen molar-refractivity contribution in [2.24, 2.45) is 0 Å². The first-order valence-corrected chi connectivity index (χ1v) is 11.0. The van der Waals surface area contributed by atoms with E-state index in [1.165, 1.54) is 23.9 Å². The van der Waals surface area contributed by atoms with Crippen LogP contribution in [0.5, 0.6) is 5.75 Å². The highest BCUT2D eigenvalue weighted by Crippen LogP contribution is 2.25. The van der Waals surface area contributed by atoms with E-state index in [1.807, 2.05) is 38.4 Å². The highest BCUT2D eigenvalue weighted by Gasteiger charge is 2.13. The van der Waals surface area contributed by atoms with Crippen molar-refractivity contribution in [2.45, 2.75) is 17.2 Å². The number of nitrogens with zero attached hydrogens (tertiary/aromatic N) is 2. The molecule has 1 N–H and O–H groups in total. The zero-order chi connectivity index (χ0) is 22.1. The lowest BCUT2D eigenvalue weighted by Crippen LogP contribution is -2.15. The summed E-state index contributed by atoms with van der Waals surface area (Å²) in [4.78, 5) is 19.3. The molecule has 0 spiro atoms. The molecule has 0 saturated heterocycles. The second-order valence-electron chi connectivity index (χ2n) is 7.26. The SMILES string of the molecule is CN(C)CCCOc1ccc(NC(=O)c2cccnc2SCc2ccc(F)cc2)cc1. The van der Waals surface area contributed by atoms with Gasteiger partial charge in [-0.3, -0.25) is 4.79 Å². The molecule has 0 bridgehead atoms. The molecule has 3 aromatic rings. The Morgan fingerprint density at radius 3 is 2.55 bits per heavy atom. The Morgan fingerprint density at radius 2 is 1.84 bits per heavy atom. The van der Waals surface area contributed by atoms with Crippen LogP contribution >= 0.6 is 11.8 Å². The summed E-state index contributed by atoms with van der Waals surface area (Å²) in [5, 5.41) is 3.54. The molecule has 3 rings (SSSR count). The number of thioether (sulfide) groups is 1. The van der Waals surface area contributed by atoms with Crippen molar-refractivity contribution in [3.05, 3.63) is 83.8 Å². The van der Waals surface area contributed by atoms with Gasteiger partial charge >= 0.3 is 0 Å². The van der Waals surface area contributed by atoms with Crippen molar-refractivity contribution in [1.29, 1.82) is 0 Å². The Labute approximate surface area is 186 Å². The van der Waals surface area contributed by atoms with Gasteiger partial charge in [-0.25, -0.2) is 9.37 Å². The first-order chi connectivity index (χ1) is 15.0. The number of hydrogen-bond donors (Lipinski definition) is 1. The molecule has 31 heavy (non-hydrogen) atoms.